The summed E-state index contributed by atoms with van der Waals surface area (Å²) in [6, 6.07) is 3.43. The Kier molecular flexibility index (Phi) is 2.97. The van der Waals surface area contributed by atoms with Gasteiger partial charge in [-0.1, -0.05) is 29.6 Å². The second-order valence-electron chi connectivity index (χ2n) is 4.86. The Morgan fingerprint density at radius 1 is 1.18 bits per heavy atom. The van der Waals surface area contributed by atoms with E-state index >= 15 is 0 Å². The molecule has 0 aromatic heterocycles. The van der Waals surface area contributed by atoms with Gasteiger partial charge in [0.05, 0.1) is 11.1 Å². The molecule has 1 N–H and O–H groups in total. The number of halogens is 2. The van der Waals surface area contributed by atoms with Gasteiger partial charge in [0.25, 0.3) is 0 Å². The van der Waals surface area contributed by atoms with Gasteiger partial charge in [-0.25, -0.2) is 0 Å². The van der Waals surface area contributed by atoms with Crippen molar-refractivity contribution in [3.05, 3.63) is 27.7 Å². The lowest BCUT2D eigenvalue weighted by atomic mass is 9.78. The zero-order chi connectivity index (χ0) is 12.0. The molecule has 17 heavy (non-hydrogen) atoms. The van der Waals surface area contributed by atoms with Gasteiger partial charge in [-0.3, -0.25) is 0 Å². The Labute approximate surface area is 110 Å². The highest BCUT2D eigenvalue weighted by atomic mass is 35.5. The number of hydrogen-bond donors (Lipinski definition) is 1. The summed E-state index contributed by atoms with van der Waals surface area (Å²) in [6.45, 7) is 0. The van der Waals surface area contributed by atoms with Crippen molar-refractivity contribution in [1.29, 1.82) is 0 Å². The molecule has 2 aliphatic rings. The first-order valence-corrected chi connectivity index (χ1v) is 6.76. The minimum absolute atomic E-state index is 0.102. The molecule has 0 amide bonds. The number of rotatable bonds is 0. The van der Waals surface area contributed by atoms with Gasteiger partial charge in [0.2, 0.25) is 0 Å². The lowest BCUT2D eigenvalue weighted by Gasteiger charge is -2.40. The fourth-order valence-electron chi connectivity index (χ4n) is 2.94. The number of aliphatic hydroxyl groups is 1. The van der Waals surface area contributed by atoms with Gasteiger partial charge in [-0.05, 0) is 31.4 Å². The average Bonchev–Trinajstić information content (AvgIpc) is 2.31. The van der Waals surface area contributed by atoms with Crippen LogP contribution in [0.15, 0.2) is 12.1 Å². The number of aliphatic hydroxyl groups excluding tert-OH is 1. The Morgan fingerprint density at radius 2 is 1.94 bits per heavy atom. The molecule has 92 valence electrons. The maximum atomic E-state index is 10.4. The van der Waals surface area contributed by atoms with Crippen LogP contribution in [0.3, 0.4) is 0 Å². The van der Waals surface area contributed by atoms with Crippen molar-refractivity contribution < 1.29 is 9.84 Å². The van der Waals surface area contributed by atoms with E-state index in [9.17, 15) is 5.11 Å². The van der Waals surface area contributed by atoms with Gasteiger partial charge in [0, 0.05) is 16.5 Å². The topological polar surface area (TPSA) is 29.5 Å². The smallest absolute Gasteiger partial charge is 0.144 e. The predicted molar refractivity (Wildman–Crippen MR) is 67.8 cm³/mol. The van der Waals surface area contributed by atoms with E-state index in [0.717, 1.165) is 31.2 Å². The molecule has 1 heterocycles. The molecule has 0 radical (unpaired) electrons. The Hall–Kier alpha value is -0.440. The predicted octanol–water partition coefficient (Wildman–Crippen LogP) is 3.98. The van der Waals surface area contributed by atoms with Gasteiger partial charge in [-0.15, -0.1) is 0 Å². The van der Waals surface area contributed by atoms with Crippen LogP contribution in [0.1, 0.15) is 37.4 Å². The van der Waals surface area contributed by atoms with Crippen LogP contribution in [-0.2, 0) is 0 Å². The normalized spacial score (nSPS) is 31.4. The molecule has 1 saturated carbocycles. The maximum absolute atomic E-state index is 10.4. The largest absolute Gasteiger partial charge is 0.488 e. The molecule has 1 aromatic rings. The number of hydrogen-bond acceptors (Lipinski definition) is 2. The van der Waals surface area contributed by atoms with Gasteiger partial charge >= 0.3 is 0 Å². The summed E-state index contributed by atoms with van der Waals surface area (Å²) >= 11 is 12.1. The van der Waals surface area contributed by atoms with E-state index in [1.54, 1.807) is 12.1 Å². The molecule has 0 saturated heterocycles. The summed E-state index contributed by atoms with van der Waals surface area (Å²) in [5, 5.41) is 11.5. The second-order valence-corrected chi connectivity index (χ2v) is 5.70. The van der Waals surface area contributed by atoms with Crippen LogP contribution in [0.4, 0.5) is 0 Å². The molecular formula is C13H14Cl2O2. The molecular weight excluding hydrogens is 259 g/mol. The van der Waals surface area contributed by atoms with Crippen molar-refractivity contribution in [1.82, 2.24) is 0 Å². The first kappa shape index (κ1) is 11.6. The summed E-state index contributed by atoms with van der Waals surface area (Å²) < 4.78 is 5.94. The molecule has 0 bridgehead atoms. The Morgan fingerprint density at radius 3 is 2.76 bits per heavy atom. The Bertz CT molecular complexity index is 447. The van der Waals surface area contributed by atoms with Crippen LogP contribution in [0.2, 0.25) is 10.0 Å². The van der Waals surface area contributed by atoms with Gasteiger partial charge in [0.15, 0.2) is 0 Å². The SMILES string of the molecule is OC1c2cc(Cl)cc(Cl)c2OC2CCCCC21. The summed E-state index contributed by atoms with van der Waals surface area (Å²) in [5.41, 5.74) is 0.741. The molecule has 3 unspecified atom stereocenters. The zero-order valence-electron chi connectivity index (χ0n) is 9.33. The van der Waals surface area contributed by atoms with Crippen LogP contribution < -0.4 is 4.74 Å². The molecule has 2 nitrogen and oxygen atoms in total. The second kappa shape index (κ2) is 4.34. The summed E-state index contributed by atoms with van der Waals surface area (Å²) in [6.07, 6.45) is 3.93. The lowest BCUT2D eigenvalue weighted by Crippen LogP contribution is -2.38. The summed E-state index contributed by atoms with van der Waals surface area (Å²) in [5.74, 6) is 0.803. The van der Waals surface area contributed by atoms with E-state index in [2.05, 4.69) is 0 Å². The van der Waals surface area contributed by atoms with Gasteiger partial charge in [-0.2, -0.15) is 0 Å². The lowest BCUT2D eigenvalue weighted by molar-refractivity contribution is -0.0230. The van der Waals surface area contributed by atoms with E-state index < -0.39 is 6.10 Å². The van der Waals surface area contributed by atoms with Crippen molar-refractivity contribution in [2.24, 2.45) is 5.92 Å². The third kappa shape index (κ3) is 1.92. The minimum atomic E-state index is -0.500. The number of ether oxygens (including phenoxy) is 1. The zero-order valence-corrected chi connectivity index (χ0v) is 10.8. The van der Waals surface area contributed by atoms with Crippen molar-refractivity contribution in [3.63, 3.8) is 0 Å². The van der Waals surface area contributed by atoms with E-state index in [4.69, 9.17) is 27.9 Å². The van der Waals surface area contributed by atoms with E-state index in [0.29, 0.717) is 15.8 Å². The highest BCUT2D eigenvalue weighted by molar-refractivity contribution is 6.35. The fraction of sp³-hybridized carbons (Fsp3) is 0.538. The van der Waals surface area contributed by atoms with Crippen molar-refractivity contribution in [3.8, 4) is 5.75 Å². The fourth-order valence-corrected chi connectivity index (χ4v) is 3.49. The molecule has 1 aromatic carbocycles. The first-order valence-electron chi connectivity index (χ1n) is 6.00. The van der Waals surface area contributed by atoms with E-state index in [1.165, 1.54) is 0 Å². The third-order valence-electron chi connectivity index (χ3n) is 3.78. The third-order valence-corrected chi connectivity index (χ3v) is 4.28. The Balaban J connectivity index is 2.05. The highest BCUT2D eigenvalue weighted by Crippen LogP contribution is 2.47. The molecule has 3 atom stereocenters. The maximum Gasteiger partial charge on any atom is 0.144 e. The number of fused-ring (bicyclic) bond motifs is 2. The molecule has 1 fully saturated rings. The van der Waals surface area contributed by atoms with Crippen molar-refractivity contribution >= 4 is 23.2 Å². The van der Waals surface area contributed by atoms with Crippen LogP contribution in [-0.4, -0.2) is 11.2 Å². The van der Waals surface area contributed by atoms with Crippen molar-refractivity contribution in [2.75, 3.05) is 0 Å². The minimum Gasteiger partial charge on any atom is -0.488 e. The number of benzene rings is 1. The molecule has 0 spiro atoms. The van der Waals surface area contributed by atoms with Crippen LogP contribution in [0.25, 0.3) is 0 Å². The van der Waals surface area contributed by atoms with Crippen LogP contribution in [0.5, 0.6) is 5.75 Å². The van der Waals surface area contributed by atoms with Gasteiger partial charge < -0.3 is 9.84 Å². The molecule has 1 aliphatic heterocycles. The summed E-state index contributed by atoms with van der Waals surface area (Å²) in [4.78, 5) is 0. The summed E-state index contributed by atoms with van der Waals surface area (Å²) in [7, 11) is 0. The van der Waals surface area contributed by atoms with Crippen molar-refractivity contribution in [2.45, 2.75) is 37.9 Å². The van der Waals surface area contributed by atoms with Crippen LogP contribution >= 0.6 is 23.2 Å². The van der Waals surface area contributed by atoms with E-state index in [-0.39, 0.29) is 12.0 Å². The molecule has 3 rings (SSSR count). The highest BCUT2D eigenvalue weighted by Gasteiger charge is 2.39. The molecule has 4 heteroatoms. The monoisotopic (exact) mass is 272 g/mol. The first-order chi connectivity index (χ1) is 8.16. The van der Waals surface area contributed by atoms with E-state index in [1.807, 2.05) is 0 Å². The standard InChI is InChI=1S/C13H14Cl2O2/c14-7-5-9-12(16)8-3-1-2-4-11(8)17-13(9)10(15)6-7/h5-6,8,11-12,16H,1-4H2. The molecule has 1 aliphatic carbocycles. The van der Waals surface area contributed by atoms with Crippen LogP contribution in [0, 0.1) is 5.92 Å². The average molecular weight is 273 g/mol. The quantitative estimate of drug-likeness (QED) is 0.774. The van der Waals surface area contributed by atoms with Gasteiger partial charge in [0.1, 0.15) is 11.9 Å².